The van der Waals surface area contributed by atoms with E-state index in [2.05, 4.69) is 6.92 Å². The molecule has 0 aliphatic heterocycles. The zero-order valence-corrected chi connectivity index (χ0v) is 15.9. The number of carbonyl (C=O) groups excluding carboxylic acids is 2. The second-order valence-corrected chi connectivity index (χ2v) is 6.67. The summed E-state index contributed by atoms with van der Waals surface area (Å²) < 4.78 is 5.41. The van der Waals surface area contributed by atoms with Crippen LogP contribution in [0.5, 0.6) is 5.75 Å². The fraction of sp³-hybridized carbons (Fsp3) is 0.391. The van der Waals surface area contributed by atoms with Crippen molar-refractivity contribution in [3.63, 3.8) is 0 Å². The largest absolute Gasteiger partial charge is 0.426 e. The van der Waals surface area contributed by atoms with Crippen molar-refractivity contribution in [2.45, 2.75) is 58.0 Å². The highest BCUT2D eigenvalue weighted by atomic mass is 16.5. The lowest BCUT2D eigenvalue weighted by atomic mass is 9.99. The first-order valence-corrected chi connectivity index (χ1v) is 9.70. The van der Waals surface area contributed by atoms with Gasteiger partial charge in [0.15, 0.2) is 5.78 Å². The molecule has 144 valence electrons. The molecular formula is C23H28O4. The molecule has 2 rings (SSSR count). The number of aliphatic hydroxyl groups excluding tert-OH is 1. The summed E-state index contributed by atoms with van der Waals surface area (Å²) in [6.07, 6.45) is 5.57. The van der Waals surface area contributed by atoms with E-state index in [4.69, 9.17) is 4.74 Å². The molecule has 0 aliphatic rings. The van der Waals surface area contributed by atoms with E-state index in [1.807, 2.05) is 6.07 Å². The van der Waals surface area contributed by atoms with Crippen molar-refractivity contribution in [3.05, 3.63) is 65.7 Å². The predicted octanol–water partition coefficient (Wildman–Crippen LogP) is 5.26. The van der Waals surface area contributed by atoms with Gasteiger partial charge in [0.05, 0.1) is 5.56 Å². The van der Waals surface area contributed by atoms with Crippen molar-refractivity contribution in [1.82, 2.24) is 0 Å². The lowest BCUT2D eigenvalue weighted by Crippen LogP contribution is -2.16. The van der Waals surface area contributed by atoms with E-state index in [1.54, 1.807) is 48.5 Å². The van der Waals surface area contributed by atoms with Gasteiger partial charge in [0.1, 0.15) is 11.9 Å². The van der Waals surface area contributed by atoms with Crippen LogP contribution in [0.1, 0.15) is 73.9 Å². The van der Waals surface area contributed by atoms with Crippen molar-refractivity contribution in [2.75, 3.05) is 0 Å². The van der Waals surface area contributed by atoms with Gasteiger partial charge in [-0.15, -0.1) is 0 Å². The van der Waals surface area contributed by atoms with E-state index < -0.39 is 11.9 Å². The number of Topliss-reactive ketones (excluding diaryl/α,β-unsaturated/α-hetero) is 1. The van der Waals surface area contributed by atoms with E-state index in [-0.39, 0.29) is 17.3 Å². The van der Waals surface area contributed by atoms with E-state index in [0.717, 1.165) is 19.3 Å². The molecule has 0 spiro atoms. The molecule has 0 fully saturated rings. The van der Waals surface area contributed by atoms with Gasteiger partial charge in [0, 0.05) is 6.42 Å². The van der Waals surface area contributed by atoms with Gasteiger partial charge in [-0.1, -0.05) is 81.5 Å². The Morgan fingerprint density at radius 3 is 2.26 bits per heavy atom. The lowest BCUT2D eigenvalue weighted by molar-refractivity contribution is -0.134. The zero-order chi connectivity index (χ0) is 19.5. The van der Waals surface area contributed by atoms with E-state index in [1.165, 1.54) is 19.3 Å². The lowest BCUT2D eigenvalue weighted by Gasteiger charge is -2.13. The average molecular weight is 368 g/mol. The minimum Gasteiger partial charge on any atom is -0.426 e. The standard InChI is InChI=1S/C23H28O4/c1-2-3-4-5-6-10-17-21(24)27-20-16-12-11-15-19(20)23(26)22(25)18-13-8-7-9-14-18/h7-9,11-16,22,25H,2-6,10,17H2,1H3. The maximum Gasteiger partial charge on any atom is 0.311 e. The van der Waals surface area contributed by atoms with Gasteiger partial charge in [-0.2, -0.15) is 0 Å². The van der Waals surface area contributed by atoms with Crippen LogP contribution >= 0.6 is 0 Å². The van der Waals surface area contributed by atoms with Gasteiger partial charge in [0.2, 0.25) is 0 Å². The quantitative estimate of drug-likeness (QED) is 0.254. The van der Waals surface area contributed by atoms with Crippen LogP contribution in [-0.4, -0.2) is 16.9 Å². The molecule has 1 N–H and O–H groups in total. The Hall–Kier alpha value is -2.46. The molecule has 27 heavy (non-hydrogen) atoms. The van der Waals surface area contributed by atoms with Crippen LogP contribution in [0.15, 0.2) is 54.6 Å². The fourth-order valence-corrected chi connectivity index (χ4v) is 2.92. The fourth-order valence-electron chi connectivity index (χ4n) is 2.92. The van der Waals surface area contributed by atoms with Crippen LogP contribution < -0.4 is 4.74 Å². The van der Waals surface area contributed by atoms with Crippen molar-refractivity contribution in [1.29, 1.82) is 0 Å². The molecule has 0 bridgehead atoms. The number of ether oxygens (including phenoxy) is 1. The molecule has 2 aromatic carbocycles. The van der Waals surface area contributed by atoms with Crippen LogP contribution in [0.2, 0.25) is 0 Å². The van der Waals surface area contributed by atoms with Crippen LogP contribution in [-0.2, 0) is 4.79 Å². The zero-order valence-electron chi connectivity index (χ0n) is 15.9. The third-order valence-electron chi connectivity index (χ3n) is 4.47. The van der Waals surface area contributed by atoms with Crippen LogP contribution in [0.4, 0.5) is 0 Å². The van der Waals surface area contributed by atoms with Crippen LogP contribution in [0.3, 0.4) is 0 Å². The highest BCUT2D eigenvalue weighted by Crippen LogP contribution is 2.25. The van der Waals surface area contributed by atoms with Gasteiger partial charge in [-0.05, 0) is 24.1 Å². The van der Waals surface area contributed by atoms with Crippen molar-refractivity contribution >= 4 is 11.8 Å². The third-order valence-corrected chi connectivity index (χ3v) is 4.47. The Kier molecular flexibility index (Phi) is 8.72. The summed E-state index contributed by atoms with van der Waals surface area (Å²) in [6, 6.07) is 15.3. The van der Waals surface area contributed by atoms with Gasteiger partial charge in [-0.3, -0.25) is 9.59 Å². The minimum atomic E-state index is -1.29. The van der Waals surface area contributed by atoms with Crippen molar-refractivity contribution < 1.29 is 19.4 Å². The highest BCUT2D eigenvalue weighted by Gasteiger charge is 2.23. The summed E-state index contributed by atoms with van der Waals surface area (Å²) >= 11 is 0. The number of aliphatic hydroxyl groups is 1. The first-order valence-electron chi connectivity index (χ1n) is 9.70. The summed E-state index contributed by atoms with van der Waals surface area (Å²) in [6.45, 7) is 2.17. The Balaban J connectivity index is 1.95. The molecule has 0 aromatic heterocycles. The molecule has 0 radical (unpaired) electrons. The molecule has 0 saturated heterocycles. The third kappa shape index (κ3) is 6.65. The molecule has 4 nitrogen and oxygen atoms in total. The normalized spacial score (nSPS) is 11.8. The monoisotopic (exact) mass is 368 g/mol. The Morgan fingerprint density at radius 1 is 0.889 bits per heavy atom. The molecule has 2 aromatic rings. The number of carbonyl (C=O) groups is 2. The number of hydrogen-bond acceptors (Lipinski definition) is 4. The number of para-hydroxylation sites is 1. The van der Waals surface area contributed by atoms with Gasteiger partial charge in [-0.25, -0.2) is 0 Å². The van der Waals surface area contributed by atoms with E-state index in [9.17, 15) is 14.7 Å². The Labute approximate surface area is 161 Å². The van der Waals surface area contributed by atoms with Crippen molar-refractivity contribution in [2.24, 2.45) is 0 Å². The molecule has 0 amide bonds. The number of rotatable bonds is 11. The summed E-state index contributed by atoms with van der Waals surface area (Å²) in [7, 11) is 0. The maximum atomic E-state index is 12.7. The van der Waals surface area contributed by atoms with Gasteiger partial charge in [0.25, 0.3) is 0 Å². The number of ketones is 1. The summed E-state index contributed by atoms with van der Waals surface area (Å²) in [5.41, 5.74) is 0.723. The maximum absolute atomic E-state index is 12.7. The number of benzene rings is 2. The Morgan fingerprint density at radius 2 is 1.52 bits per heavy atom. The van der Waals surface area contributed by atoms with Crippen LogP contribution in [0.25, 0.3) is 0 Å². The molecule has 1 atom stereocenters. The topological polar surface area (TPSA) is 63.6 Å². The molecule has 0 aliphatic carbocycles. The number of esters is 1. The first-order chi connectivity index (χ1) is 13.1. The number of hydrogen-bond donors (Lipinski definition) is 1. The number of unbranched alkanes of at least 4 members (excludes halogenated alkanes) is 5. The van der Waals surface area contributed by atoms with E-state index >= 15 is 0 Å². The second-order valence-electron chi connectivity index (χ2n) is 6.67. The van der Waals surface area contributed by atoms with E-state index in [0.29, 0.717) is 12.0 Å². The smallest absolute Gasteiger partial charge is 0.311 e. The van der Waals surface area contributed by atoms with Gasteiger partial charge >= 0.3 is 5.97 Å². The SMILES string of the molecule is CCCCCCCCC(=O)Oc1ccccc1C(=O)C(O)c1ccccc1. The summed E-state index contributed by atoms with van der Waals surface area (Å²) in [5, 5.41) is 10.4. The average Bonchev–Trinajstić information content (AvgIpc) is 2.70. The molecule has 4 heteroatoms. The highest BCUT2D eigenvalue weighted by molar-refractivity contribution is 6.02. The molecule has 0 saturated carbocycles. The van der Waals surface area contributed by atoms with Gasteiger partial charge < -0.3 is 9.84 Å². The predicted molar refractivity (Wildman–Crippen MR) is 106 cm³/mol. The summed E-state index contributed by atoms with van der Waals surface area (Å²) in [5.74, 6) is -0.627. The first kappa shape index (κ1) is 20.8. The molecule has 1 unspecified atom stereocenters. The molecular weight excluding hydrogens is 340 g/mol. The Bertz CT molecular complexity index is 724. The second kappa shape index (κ2) is 11.3. The minimum absolute atomic E-state index is 0.202. The summed E-state index contributed by atoms with van der Waals surface area (Å²) in [4.78, 5) is 24.8. The van der Waals surface area contributed by atoms with Crippen LogP contribution in [0, 0.1) is 0 Å². The van der Waals surface area contributed by atoms with Crippen molar-refractivity contribution in [3.8, 4) is 5.75 Å². The molecule has 0 heterocycles.